The first-order valence-corrected chi connectivity index (χ1v) is 5.91. The maximum atomic E-state index is 9.26. The summed E-state index contributed by atoms with van der Waals surface area (Å²) < 4.78 is 0. The number of aromatic hydroxyl groups is 1. The molecule has 0 bridgehead atoms. The van der Waals surface area contributed by atoms with E-state index in [4.69, 9.17) is 0 Å². The SMILES string of the molecule is Cc1cc(C)c(Cc2ccc(O)cc2)cc1C. The van der Waals surface area contributed by atoms with Crippen molar-refractivity contribution in [2.45, 2.75) is 27.2 Å². The van der Waals surface area contributed by atoms with Gasteiger partial charge >= 0.3 is 0 Å². The van der Waals surface area contributed by atoms with Crippen LogP contribution < -0.4 is 0 Å². The first-order valence-electron chi connectivity index (χ1n) is 5.91. The summed E-state index contributed by atoms with van der Waals surface area (Å²) in [5.41, 5.74) is 6.61. The molecule has 0 fully saturated rings. The lowest BCUT2D eigenvalue weighted by molar-refractivity contribution is 0.475. The zero-order chi connectivity index (χ0) is 12.4. The van der Waals surface area contributed by atoms with Crippen molar-refractivity contribution in [2.24, 2.45) is 0 Å². The van der Waals surface area contributed by atoms with Gasteiger partial charge in [-0.3, -0.25) is 0 Å². The van der Waals surface area contributed by atoms with Crippen LogP contribution in [0.15, 0.2) is 36.4 Å². The summed E-state index contributed by atoms with van der Waals surface area (Å²) in [5.74, 6) is 0.325. The van der Waals surface area contributed by atoms with E-state index >= 15 is 0 Å². The van der Waals surface area contributed by atoms with Crippen LogP contribution in [0, 0.1) is 20.8 Å². The second kappa shape index (κ2) is 4.62. The number of hydrogen-bond acceptors (Lipinski definition) is 1. The predicted octanol–water partition coefficient (Wildman–Crippen LogP) is 3.91. The van der Waals surface area contributed by atoms with Crippen molar-refractivity contribution in [2.75, 3.05) is 0 Å². The molecule has 17 heavy (non-hydrogen) atoms. The molecule has 0 spiro atoms. The lowest BCUT2D eigenvalue weighted by Gasteiger charge is -2.10. The van der Waals surface area contributed by atoms with Gasteiger partial charge in [0, 0.05) is 0 Å². The number of aryl methyl sites for hydroxylation is 3. The molecule has 1 heteroatoms. The van der Waals surface area contributed by atoms with E-state index < -0.39 is 0 Å². The van der Waals surface area contributed by atoms with E-state index in [1.807, 2.05) is 12.1 Å². The van der Waals surface area contributed by atoms with Crippen LogP contribution in [0.4, 0.5) is 0 Å². The number of phenolic OH excluding ortho intramolecular Hbond substituents is 1. The van der Waals surface area contributed by atoms with E-state index in [1.54, 1.807) is 12.1 Å². The Balaban J connectivity index is 2.30. The van der Waals surface area contributed by atoms with Crippen LogP contribution in [-0.2, 0) is 6.42 Å². The van der Waals surface area contributed by atoms with Crippen LogP contribution in [-0.4, -0.2) is 5.11 Å². The average molecular weight is 226 g/mol. The molecule has 2 aromatic carbocycles. The minimum atomic E-state index is 0.325. The third kappa shape index (κ3) is 2.68. The van der Waals surface area contributed by atoms with Gasteiger partial charge in [-0.2, -0.15) is 0 Å². The van der Waals surface area contributed by atoms with Crippen LogP contribution in [0.5, 0.6) is 5.75 Å². The molecule has 0 radical (unpaired) electrons. The van der Waals surface area contributed by atoms with Gasteiger partial charge in [-0.1, -0.05) is 24.3 Å². The molecule has 0 unspecified atom stereocenters. The summed E-state index contributed by atoms with van der Waals surface area (Å²) in [5, 5.41) is 9.26. The van der Waals surface area contributed by atoms with Gasteiger partial charge in [-0.15, -0.1) is 0 Å². The van der Waals surface area contributed by atoms with Crippen LogP contribution in [0.2, 0.25) is 0 Å². The molecule has 0 saturated heterocycles. The topological polar surface area (TPSA) is 20.2 Å². The largest absolute Gasteiger partial charge is 0.508 e. The average Bonchev–Trinajstić information content (AvgIpc) is 2.29. The van der Waals surface area contributed by atoms with Crippen molar-refractivity contribution in [3.05, 3.63) is 64.2 Å². The fourth-order valence-electron chi connectivity index (χ4n) is 2.04. The molecular formula is C16H18O. The van der Waals surface area contributed by atoms with Crippen LogP contribution >= 0.6 is 0 Å². The maximum Gasteiger partial charge on any atom is 0.115 e. The summed E-state index contributed by atoms with van der Waals surface area (Å²) in [6, 6.07) is 11.9. The summed E-state index contributed by atoms with van der Waals surface area (Å²) >= 11 is 0. The Bertz CT molecular complexity index is 524. The lowest BCUT2D eigenvalue weighted by Crippen LogP contribution is -1.94. The van der Waals surface area contributed by atoms with Gasteiger partial charge in [0.1, 0.15) is 5.75 Å². The van der Waals surface area contributed by atoms with E-state index in [0.29, 0.717) is 5.75 Å². The van der Waals surface area contributed by atoms with E-state index in [0.717, 1.165) is 6.42 Å². The number of hydrogen-bond donors (Lipinski definition) is 1. The molecule has 1 N–H and O–H groups in total. The third-order valence-electron chi connectivity index (χ3n) is 3.28. The highest BCUT2D eigenvalue weighted by molar-refractivity contribution is 5.39. The Morgan fingerprint density at radius 2 is 1.41 bits per heavy atom. The fourth-order valence-corrected chi connectivity index (χ4v) is 2.04. The quantitative estimate of drug-likeness (QED) is 0.823. The van der Waals surface area contributed by atoms with Crippen molar-refractivity contribution in [3.8, 4) is 5.75 Å². The normalized spacial score (nSPS) is 10.5. The van der Waals surface area contributed by atoms with Crippen molar-refractivity contribution in [1.29, 1.82) is 0 Å². The molecule has 0 atom stereocenters. The highest BCUT2D eigenvalue weighted by atomic mass is 16.3. The molecule has 0 heterocycles. The first kappa shape index (κ1) is 11.7. The molecular weight excluding hydrogens is 208 g/mol. The summed E-state index contributed by atoms with van der Waals surface area (Å²) in [6.45, 7) is 6.45. The van der Waals surface area contributed by atoms with Gasteiger partial charge in [0.15, 0.2) is 0 Å². The Kier molecular flexibility index (Phi) is 3.19. The third-order valence-corrected chi connectivity index (χ3v) is 3.28. The van der Waals surface area contributed by atoms with Crippen molar-refractivity contribution >= 4 is 0 Å². The zero-order valence-electron chi connectivity index (χ0n) is 10.6. The zero-order valence-corrected chi connectivity index (χ0v) is 10.6. The smallest absolute Gasteiger partial charge is 0.115 e. The second-order valence-corrected chi connectivity index (χ2v) is 4.71. The minimum absolute atomic E-state index is 0.325. The molecule has 0 aliphatic carbocycles. The molecule has 2 rings (SSSR count). The van der Waals surface area contributed by atoms with E-state index in [-0.39, 0.29) is 0 Å². The van der Waals surface area contributed by atoms with Gasteiger partial charge < -0.3 is 5.11 Å². The predicted molar refractivity (Wildman–Crippen MR) is 71.6 cm³/mol. The van der Waals surface area contributed by atoms with Gasteiger partial charge in [0.25, 0.3) is 0 Å². The molecule has 88 valence electrons. The highest BCUT2D eigenvalue weighted by Crippen LogP contribution is 2.19. The van der Waals surface area contributed by atoms with E-state index in [9.17, 15) is 5.11 Å². The van der Waals surface area contributed by atoms with Gasteiger partial charge in [-0.05, 0) is 67.1 Å². The fraction of sp³-hybridized carbons (Fsp3) is 0.250. The molecule has 0 saturated carbocycles. The Hall–Kier alpha value is -1.76. The van der Waals surface area contributed by atoms with Crippen LogP contribution in [0.3, 0.4) is 0 Å². The number of phenols is 1. The molecule has 0 aromatic heterocycles. The number of rotatable bonds is 2. The van der Waals surface area contributed by atoms with E-state index in [2.05, 4.69) is 32.9 Å². The minimum Gasteiger partial charge on any atom is -0.508 e. The van der Waals surface area contributed by atoms with Crippen molar-refractivity contribution in [3.63, 3.8) is 0 Å². The van der Waals surface area contributed by atoms with E-state index in [1.165, 1.54) is 27.8 Å². The Labute approximate surface area is 103 Å². The summed E-state index contributed by atoms with van der Waals surface area (Å²) in [7, 11) is 0. The van der Waals surface area contributed by atoms with Crippen LogP contribution in [0.25, 0.3) is 0 Å². The standard InChI is InChI=1S/C16H18O/c1-11-8-13(3)15(9-12(11)2)10-14-4-6-16(17)7-5-14/h4-9,17H,10H2,1-3H3. The van der Waals surface area contributed by atoms with Gasteiger partial charge in [-0.25, -0.2) is 0 Å². The Morgan fingerprint density at radius 3 is 2.06 bits per heavy atom. The molecule has 2 aromatic rings. The number of benzene rings is 2. The molecule has 0 aliphatic heterocycles. The Morgan fingerprint density at radius 1 is 0.824 bits per heavy atom. The lowest BCUT2D eigenvalue weighted by atomic mass is 9.96. The van der Waals surface area contributed by atoms with Gasteiger partial charge in [0.2, 0.25) is 0 Å². The van der Waals surface area contributed by atoms with Crippen molar-refractivity contribution in [1.82, 2.24) is 0 Å². The highest BCUT2D eigenvalue weighted by Gasteiger charge is 2.03. The second-order valence-electron chi connectivity index (χ2n) is 4.71. The first-order chi connectivity index (χ1) is 8.06. The monoisotopic (exact) mass is 226 g/mol. The van der Waals surface area contributed by atoms with Gasteiger partial charge in [0.05, 0.1) is 0 Å². The molecule has 0 amide bonds. The molecule has 1 nitrogen and oxygen atoms in total. The summed E-state index contributed by atoms with van der Waals surface area (Å²) in [6.07, 6.45) is 0.924. The van der Waals surface area contributed by atoms with Crippen molar-refractivity contribution < 1.29 is 5.11 Å². The summed E-state index contributed by atoms with van der Waals surface area (Å²) in [4.78, 5) is 0. The molecule has 0 aliphatic rings. The maximum absolute atomic E-state index is 9.26. The van der Waals surface area contributed by atoms with Crippen LogP contribution in [0.1, 0.15) is 27.8 Å².